The zero-order valence-electron chi connectivity index (χ0n) is 7.38. The summed E-state index contributed by atoms with van der Waals surface area (Å²) in [6.45, 7) is 0. The van der Waals surface area contributed by atoms with Gasteiger partial charge < -0.3 is 0 Å². The molecule has 0 atom stereocenters. The third kappa shape index (κ3) is 3.51. The highest BCUT2D eigenvalue weighted by atomic mass is 32.2. The smallest absolute Gasteiger partial charge is 0.210 e. The number of aryl methyl sites for hydroxylation is 1. The molecule has 0 amide bonds. The summed E-state index contributed by atoms with van der Waals surface area (Å²) in [7, 11) is -3.63. The Morgan fingerprint density at radius 1 is 1.21 bits per heavy atom. The molecule has 0 aliphatic carbocycles. The van der Waals surface area contributed by atoms with Gasteiger partial charge in [-0.3, -0.25) is 0 Å². The van der Waals surface area contributed by atoms with Gasteiger partial charge in [0.15, 0.2) is 0 Å². The van der Waals surface area contributed by atoms with E-state index < -0.39 is 10.0 Å². The molecule has 0 N–H and O–H groups in total. The van der Waals surface area contributed by atoms with Gasteiger partial charge in [-0.15, -0.1) is 0 Å². The van der Waals surface area contributed by atoms with Crippen molar-refractivity contribution < 1.29 is 13.2 Å². The molecule has 4 nitrogen and oxygen atoms in total. The van der Waals surface area contributed by atoms with Gasteiger partial charge in [0.2, 0.25) is 0 Å². The average Bonchev–Trinajstić information content (AvgIpc) is 2.17. The maximum absolute atomic E-state index is 11.0. The van der Waals surface area contributed by atoms with Crippen molar-refractivity contribution in [1.29, 1.82) is 0 Å². The molecule has 0 saturated heterocycles. The molecule has 0 unspecified atom stereocenters. The summed E-state index contributed by atoms with van der Waals surface area (Å²) in [6, 6.07) is 9.14. The number of hydrogen-bond acceptors (Lipinski definition) is 3. The quantitative estimate of drug-likeness (QED) is 0.549. The Morgan fingerprint density at radius 3 is 2.43 bits per heavy atom. The van der Waals surface area contributed by atoms with Crippen molar-refractivity contribution in [1.82, 2.24) is 0 Å². The van der Waals surface area contributed by atoms with Crippen LogP contribution in [0.5, 0.6) is 0 Å². The molecule has 0 fully saturated rings. The predicted octanol–water partition coefficient (Wildman–Crippen LogP) is 0.895. The Kier molecular flexibility index (Phi) is 3.56. The Bertz CT molecular complexity index is 432. The van der Waals surface area contributed by atoms with Gasteiger partial charge in [-0.2, -0.15) is 0 Å². The molecule has 0 bridgehead atoms. The maximum Gasteiger partial charge on any atom is 0.263 e. The SMILES string of the molecule is O=C=NS(=O)(=O)CCc1ccccc1. The van der Waals surface area contributed by atoms with E-state index in [4.69, 9.17) is 0 Å². The van der Waals surface area contributed by atoms with Crippen LogP contribution in [0.4, 0.5) is 0 Å². The van der Waals surface area contributed by atoms with Crippen molar-refractivity contribution in [2.75, 3.05) is 5.75 Å². The van der Waals surface area contributed by atoms with Crippen LogP contribution in [0.1, 0.15) is 5.56 Å². The zero-order valence-corrected chi connectivity index (χ0v) is 8.20. The van der Waals surface area contributed by atoms with E-state index in [2.05, 4.69) is 4.40 Å². The van der Waals surface area contributed by atoms with Crippen LogP contribution in [0.15, 0.2) is 34.7 Å². The number of hydrogen-bond donors (Lipinski definition) is 0. The fourth-order valence-corrected chi connectivity index (χ4v) is 1.69. The minimum absolute atomic E-state index is 0.160. The minimum Gasteiger partial charge on any atom is -0.210 e. The van der Waals surface area contributed by atoms with E-state index in [-0.39, 0.29) is 5.75 Å². The van der Waals surface area contributed by atoms with Crippen LogP contribution in [-0.2, 0) is 21.2 Å². The van der Waals surface area contributed by atoms with Crippen LogP contribution < -0.4 is 0 Å². The highest BCUT2D eigenvalue weighted by Crippen LogP contribution is 2.02. The van der Waals surface area contributed by atoms with Crippen molar-refractivity contribution in [3.05, 3.63) is 35.9 Å². The molecule has 5 heteroatoms. The minimum atomic E-state index is -3.63. The normalized spacial score (nSPS) is 10.6. The summed E-state index contributed by atoms with van der Waals surface area (Å²) in [6.07, 6.45) is 1.39. The summed E-state index contributed by atoms with van der Waals surface area (Å²) in [4.78, 5) is 9.76. The van der Waals surface area contributed by atoms with Gasteiger partial charge in [-0.05, 0) is 12.0 Å². The molecular formula is C9H9NO3S. The first-order valence-corrected chi connectivity index (χ1v) is 5.61. The van der Waals surface area contributed by atoms with Crippen LogP contribution in [0.2, 0.25) is 0 Å². The van der Waals surface area contributed by atoms with Crippen molar-refractivity contribution >= 4 is 16.1 Å². The predicted molar refractivity (Wildman–Crippen MR) is 52.1 cm³/mol. The van der Waals surface area contributed by atoms with Crippen LogP contribution >= 0.6 is 0 Å². The topological polar surface area (TPSA) is 63.6 Å². The largest absolute Gasteiger partial charge is 0.263 e. The van der Waals surface area contributed by atoms with Gasteiger partial charge in [0, 0.05) is 0 Å². The first-order valence-electron chi connectivity index (χ1n) is 4.00. The number of benzene rings is 1. The molecule has 0 aliphatic heterocycles. The number of rotatable bonds is 4. The van der Waals surface area contributed by atoms with Gasteiger partial charge in [-0.1, -0.05) is 34.7 Å². The molecule has 14 heavy (non-hydrogen) atoms. The molecule has 0 saturated carbocycles. The number of sulfonamides is 1. The summed E-state index contributed by atoms with van der Waals surface area (Å²) >= 11 is 0. The third-order valence-corrected chi connectivity index (χ3v) is 2.74. The Morgan fingerprint density at radius 2 is 1.86 bits per heavy atom. The summed E-state index contributed by atoms with van der Waals surface area (Å²) in [5.41, 5.74) is 0.900. The van der Waals surface area contributed by atoms with E-state index in [1.165, 1.54) is 0 Å². The molecule has 0 radical (unpaired) electrons. The number of carbonyl (C=O) groups excluding carboxylic acids is 1. The highest BCUT2D eigenvalue weighted by molar-refractivity contribution is 7.90. The molecule has 0 aromatic heterocycles. The Labute approximate surface area is 82.3 Å². The second-order valence-corrected chi connectivity index (χ2v) is 4.46. The fraction of sp³-hybridized carbons (Fsp3) is 0.222. The second-order valence-electron chi connectivity index (χ2n) is 2.70. The number of nitrogens with zero attached hydrogens (tertiary/aromatic N) is 1. The Balaban J connectivity index is 2.62. The molecule has 1 rings (SSSR count). The lowest BCUT2D eigenvalue weighted by Gasteiger charge is -1.97. The van der Waals surface area contributed by atoms with Gasteiger partial charge in [0.1, 0.15) is 0 Å². The standard InChI is InChI=1S/C9H9NO3S/c11-8-10-14(12,13)7-6-9-4-2-1-3-5-9/h1-5H,6-7H2. The first kappa shape index (κ1) is 10.6. The monoisotopic (exact) mass is 211 g/mol. The molecule has 0 spiro atoms. The fourth-order valence-electron chi connectivity index (χ4n) is 0.994. The van der Waals surface area contributed by atoms with Crippen LogP contribution in [0.25, 0.3) is 0 Å². The van der Waals surface area contributed by atoms with E-state index in [9.17, 15) is 13.2 Å². The average molecular weight is 211 g/mol. The van der Waals surface area contributed by atoms with E-state index in [0.717, 1.165) is 11.6 Å². The van der Waals surface area contributed by atoms with E-state index >= 15 is 0 Å². The Hall–Kier alpha value is -1.45. The van der Waals surface area contributed by atoms with Crippen molar-refractivity contribution in [2.45, 2.75) is 6.42 Å². The number of isocyanates is 1. The molecular weight excluding hydrogens is 202 g/mol. The summed E-state index contributed by atoms with van der Waals surface area (Å²) in [5.74, 6) is -0.160. The summed E-state index contributed by atoms with van der Waals surface area (Å²) < 4.78 is 24.7. The van der Waals surface area contributed by atoms with Gasteiger partial charge in [0.05, 0.1) is 5.75 Å². The molecule has 1 aromatic rings. The summed E-state index contributed by atoms with van der Waals surface area (Å²) in [5, 5.41) is 0. The second kappa shape index (κ2) is 4.69. The first-order chi connectivity index (χ1) is 6.64. The van der Waals surface area contributed by atoms with Crippen LogP contribution in [0, 0.1) is 0 Å². The van der Waals surface area contributed by atoms with Crippen LogP contribution in [-0.4, -0.2) is 20.3 Å². The molecule has 0 aliphatic rings. The molecule has 0 heterocycles. The van der Waals surface area contributed by atoms with Gasteiger partial charge >= 0.3 is 0 Å². The maximum atomic E-state index is 11.0. The highest BCUT2D eigenvalue weighted by Gasteiger charge is 2.07. The van der Waals surface area contributed by atoms with E-state index in [0.29, 0.717) is 6.42 Å². The van der Waals surface area contributed by atoms with E-state index in [1.54, 1.807) is 0 Å². The third-order valence-electron chi connectivity index (χ3n) is 1.67. The molecule has 74 valence electrons. The molecule has 1 aromatic carbocycles. The van der Waals surface area contributed by atoms with Crippen molar-refractivity contribution in [2.24, 2.45) is 4.40 Å². The van der Waals surface area contributed by atoms with Crippen molar-refractivity contribution in [3.63, 3.8) is 0 Å². The lowest BCUT2D eigenvalue weighted by Crippen LogP contribution is -2.04. The van der Waals surface area contributed by atoms with Gasteiger partial charge in [0.25, 0.3) is 16.1 Å². The zero-order chi connectivity index (χ0) is 10.4. The van der Waals surface area contributed by atoms with Crippen LogP contribution in [0.3, 0.4) is 0 Å². The van der Waals surface area contributed by atoms with Crippen molar-refractivity contribution in [3.8, 4) is 0 Å². The lowest BCUT2D eigenvalue weighted by atomic mass is 10.2. The van der Waals surface area contributed by atoms with E-state index in [1.807, 2.05) is 30.3 Å². The lowest BCUT2D eigenvalue weighted by molar-refractivity contribution is 0.563. The van der Waals surface area contributed by atoms with Gasteiger partial charge in [-0.25, -0.2) is 13.2 Å².